The molecule has 4 heterocycles. The molecule has 146 valence electrons. The fraction of sp³-hybridized carbons (Fsp3) is 0.211. The molecule has 1 aromatic carbocycles. The van der Waals surface area contributed by atoms with Gasteiger partial charge in [0.05, 0.1) is 21.5 Å². The van der Waals surface area contributed by atoms with E-state index in [0.717, 1.165) is 33.7 Å². The van der Waals surface area contributed by atoms with E-state index in [1.165, 1.54) is 4.57 Å². The molecule has 4 aromatic heterocycles. The normalized spacial score (nSPS) is 11.7. The van der Waals surface area contributed by atoms with Crippen LogP contribution in [0.25, 0.3) is 27.4 Å². The Bertz CT molecular complexity index is 1380. The molecule has 0 aliphatic heterocycles. The summed E-state index contributed by atoms with van der Waals surface area (Å²) in [4.78, 5) is 13.7. The van der Waals surface area contributed by atoms with E-state index in [1.54, 1.807) is 30.1 Å². The van der Waals surface area contributed by atoms with Crippen LogP contribution in [0.5, 0.6) is 0 Å². The first-order valence-corrected chi connectivity index (χ1v) is 11.0. The lowest BCUT2D eigenvalue weighted by atomic mass is 10.2. The molecule has 0 amide bonds. The van der Waals surface area contributed by atoms with Crippen LogP contribution in [-0.2, 0) is 19.3 Å². The van der Waals surface area contributed by atoms with Gasteiger partial charge in [-0.1, -0.05) is 30.0 Å². The van der Waals surface area contributed by atoms with Crippen molar-refractivity contribution in [2.24, 2.45) is 7.05 Å². The van der Waals surface area contributed by atoms with Crippen molar-refractivity contribution in [1.82, 2.24) is 33.9 Å². The fourth-order valence-corrected chi connectivity index (χ4v) is 5.02. The molecule has 10 heteroatoms. The molecule has 0 bridgehead atoms. The van der Waals surface area contributed by atoms with Gasteiger partial charge in [-0.25, -0.2) is 0 Å². The Morgan fingerprint density at radius 1 is 1.07 bits per heavy atom. The molecular weight excluding hydrogens is 406 g/mol. The zero-order chi connectivity index (χ0) is 20.0. The Hall–Kier alpha value is -2.98. The van der Waals surface area contributed by atoms with Crippen LogP contribution in [-0.4, -0.2) is 33.9 Å². The van der Waals surface area contributed by atoms with Crippen molar-refractivity contribution >= 4 is 39.8 Å². The second-order valence-electron chi connectivity index (χ2n) is 6.45. The van der Waals surface area contributed by atoms with Crippen LogP contribution in [0.3, 0.4) is 0 Å². The molecule has 0 N–H and O–H groups in total. The Labute approximate surface area is 173 Å². The van der Waals surface area contributed by atoms with E-state index in [9.17, 15) is 4.79 Å². The summed E-state index contributed by atoms with van der Waals surface area (Å²) in [5, 5.41) is 20.9. The Morgan fingerprint density at radius 3 is 2.72 bits per heavy atom. The van der Waals surface area contributed by atoms with Crippen LogP contribution < -0.4 is 5.56 Å². The standard InChI is InChI=1S/C19H17N7OS2/c1-3-25-16(14-9-6-10-28-14)21-23-19(25)29-11-15-20-22-18-24(2)17(27)12-7-4-5-8-13(12)26(15)18/h4-10H,3,11H2,1-2H3. The third-order valence-electron chi connectivity index (χ3n) is 4.80. The maximum absolute atomic E-state index is 12.6. The fourth-order valence-electron chi connectivity index (χ4n) is 3.38. The number of para-hydroxylation sites is 1. The third kappa shape index (κ3) is 2.87. The topological polar surface area (TPSA) is 82.9 Å². The minimum Gasteiger partial charge on any atom is -0.302 e. The molecular formula is C19H17N7OS2. The van der Waals surface area contributed by atoms with Gasteiger partial charge in [0.25, 0.3) is 5.56 Å². The Morgan fingerprint density at radius 2 is 1.93 bits per heavy atom. The maximum Gasteiger partial charge on any atom is 0.262 e. The number of benzene rings is 1. The maximum atomic E-state index is 12.6. The lowest BCUT2D eigenvalue weighted by molar-refractivity contribution is 0.687. The minimum atomic E-state index is -0.0778. The van der Waals surface area contributed by atoms with Gasteiger partial charge in [-0.15, -0.1) is 31.7 Å². The van der Waals surface area contributed by atoms with Gasteiger partial charge in [-0.2, -0.15) is 0 Å². The van der Waals surface area contributed by atoms with Gasteiger partial charge in [0.2, 0.25) is 5.78 Å². The molecule has 0 aliphatic rings. The highest BCUT2D eigenvalue weighted by Gasteiger charge is 2.17. The summed E-state index contributed by atoms with van der Waals surface area (Å²) < 4.78 is 5.58. The highest BCUT2D eigenvalue weighted by atomic mass is 32.2. The minimum absolute atomic E-state index is 0.0778. The van der Waals surface area contributed by atoms with E-state index in [2.05, 4.69) is 31.9 Å². The van der Waals surface area contributed by atoms with Gasteiger partial charge in [0, 0.05) is 13.6 Å². The highest BCUT2D eigenvalue weighted by Crippen LogP contribution is 2.28. The van der Waals surface area contributed by atoms with Crippen molar-refractivity contribution < 1.29 is 0 Å². The predicted molar refractivity (Wildman–Crippen MR) is 114 cm³/mol. The van der Waals surface area contributed by atoms with Gasteiger partial charge in [-0.05, 0) is 30.5 Å². The highest BCUT2D eigenvalue weighted by molar-refractivity contribution is 7.98. The van der Waals surface area contributed by atoms with Crippen molar-refractivity contribution in [3.05, 3.63) is 58.0 Å². The van der Waals surface area contributed by atoms with Crippen LogP contribution in [0, 0.1) is 0 Å². The van der Waals surface area contributed by atoms with E-state index < -0.39 is 0 Å². The van der Waals surface area contributed by atoms with Gasteiger partial charge in [0.1, 0.15) is 5.82 Å². The summed E-state index contributed by atoms with van der Waals surface area (Å²) in [6.45, 7) is 2.86. The van der Waals surface area contributed by atoms with Crippen LogP contribution in [0.15, 0.2) is 51.7 Å². The Balaban J connectivity index is 1.55. The van der Waals surface area contributed by atoms with Crippen LogP contribution in [0.4, 0.5) is 0 Å². The first-order chi connectivity index (χ1) is 14.2. The molecule has 0 radical (unpaired) electrons. The van der Waals surface area contributed by atoms with Gasteiger partial charge in [0.15, 0.2) is 11.0 Å². The zero-order valence-electron chi connectivity index (χ0n) is 15.8. The molecule has 0 spiro atoms. The smallest absolute Gasteiger partial charge is 0.262 e. The lowest BCUT2D eigenvalue weighted by Gasteiger charge is -2.08. The van der Waals surface area contributed by atoms with Crippen LogP contribution >= 0.6 is 23.1 Å². The number of thiophene rings is 1. The lowest BCUT2D eigenvalue weighted by Crippen LogP contribution is -2.20. The van der Waals surface area contributed by atoms with Crippen molar-refractivity contribution in [1.29, 1.82) is 0 Å². The van der Waals surface area contributed by atoms with E-state index in [4.69, 9.17) is 0 Å². The summed E-state index contributed by atoms with van der Waals surface area (Å²) >= 11 is 3.21. The van der Waals surface area contributed by atoms with Crippen molar-refractivity contribution in [3.63, 3.8) is 0 Å². The first kappa shape index (κ1) is 18.1. The average Bonchev–Trinajstić information content (AvgIpc) is 3.49. The van der Waals surface area contributed by atoms with E-state index in [-0.39, 0.29) is 5.56 Å². The van der Waals surface area contributed by atoms with E-state index in [1.807, 2.05) is 46.2 Å². The molecule has 5 rings (SSSR count). The zero-order valence-corrected chi connectivity index (χ0v) is 17.4. The second kappa shape index (κ2) is 7.12. The van der Waals surface area contributed by atoms with E-state index in [0.29, 0.717) is 16.9 Å². The number of rotatable bonds is 5. The Kier molecular flexibility index (Phi) is 4.44. The summed E-state index contributed by atoms with van der Waals surface area (Å²) in [5.74, 6) is 2.73. The molecule has 5 aromatic rings. The summed E-state index contributed by atoms with van der Waals surface area (Å²) in [6.07, 6.45) is 0. The molecule has 29 heavy (non-hydrogen) atoms. The SMILES string of the molecule is CCn1c(SCc2nnc3n(C)c(=O)c4ccccc4n23)nnc1-c1cccs1. The number of thioether (sulfide) groups is 1. The molecule has 0 unspecified atom stereocenters. The number of nitrogens with zero attached hydrogens (tertiary/aromatic N) is 7. The monoisotopic (exact) mass is 423 g/mol. The van der Waals surface area contributed by atoms with Crippen molar-refractivity contribution in [2.45, 2.75) is 24.4 Å². The molecule has 0 saturated heterocycles. The van der Waals surface area contributed by atoms with Crippen molar-refractivity contribution in [3.8, 4) is 10.7 Å². The summed E-state index contributed by atoms with van der Waals surface area (Å²) in [5.41, 5.74) is 0.730. The molecule has 0 saturated carbocycles. The number of hydrogen-bond acceptors (Lipinski definition) is 7. The average molecular weight is 424 g/mol. The quantitative estimate of drug-likeness (QED) is 0.404. The summed E-state index contributed by atoms with van der Waals surface area (Å²) in [6, 6.07) is 11.6. The van der Waals surface area contributed by atoms with Gasteiger partial charge >= 0.3 is 0 Å². The second-order valence-corrected chi connectivity index (χ2v) is 8.34. The number of hydrogen-bond donors (Lipinski definition) is 0. The first-order valence-electron chi connectivity index (χ1n) is 9.10. The van der Waals surface area contributed by atoms with Crippen molar-refractivity contribution in [2.75, 3.05) is 0 Å². The number of aryl methyl sites for hydroxylation is 1. The van der Waals surface area contributed by atoms with Gasteiger partial charge < -0.3 is 4.57 Å². The van der Waals surface area contributed by atoms with E-state index >= 15 is 0 Å². The van der Waals surface area contributed by atoms with Crippen LogP contribution in [0.1, 0.15) is 12.7 Å². The molecule has 0 aliphatic carbocycles. The molecule has 8 nitrogen and oxygen atoms in total. The summed E-state index contributed by atoms with van der Waals surface area (Å²) in [7, 11) is 1.72. The van der Waals surface area contributed by atoms with Gasteiger partial charge in [-0.3, -0.25) is 13.8 Å². The number of aromatic nitrogens is 7. The predicted octanol–water partition coefficient (Wildman–Crippen LogP) is 3.21. The molecule has 0 fully saturated rings. The van der Waals surface area contributed by atoms with Crippen LogP contribution in [0.2, 0.25) is 0 Å². The largest absolute Gasteiger partial charge is 0.302 e. The number of fused-ring (bicyclic) bond motifs is 3. The third-order valence-corrected chi connectivity index (χ3v) is 6.63. The molecule has 0 atom stereocenters.